The molecule has 0 aromatic carbocycles. The van der Waals surface area contributed by atoms with Gasteiger partial charge >= 0.3 is 0 Å². The molecule has 0 atom stereocenters. The van der Waals surface area contributed by atoms with Crippen LogP contribution in [-0.4, -0.2) is 21.2 Å². The van der Waals surface area contributed by atoms with E-state index in [1.807, 2.05) is 12.3 Å². The highest BCUT2D eigenvalue weighted by atomic mass is 32.1. The van der Waals surface area contributed by atoms with Crippen molar-refractivity contribution in [2.75, 3.05) is 0 Å². The van der Waals surface area contributed by atoms with Crippen LogP contribution < -0.4 is 0 Å². The average Bonchev–Trinajstić information content (AvgIpc) is 2.71. The predicted molar refractivity (Wildman–Crippen MR) is 49.8 cm³/mol. The fraction of sp³-hybridized carbons (Fsp3) is 0.125. The molecule has 13 heavy (non-hydrogen) atoms. The highest BCUT2D eigenvalue weighted by Crippen LogP contribution is 2.19. The SMILES string of the molecule is Cc1csc(-c2ncc(C=O)[nH]2)n1. The first kappa shape index (κ1) is 8.12. The standard InChI is InChI=1S/C8H7N3OS/c1-5-4-13-8(10-5)7-9-2-6(3-12)11-7/h2-4H,1H3,(H,9,11). The van der Waals surface area contributed by atoms with E-state index >= 15 is 0 Å². The number of rotatable bonds is 2. The summed E-state index contributed by atoms with van der Waals surface area (Å²) in [6, 6.07) is 0. The fourth-order valence-electron chi connectivity index (χ4n) is 0.967. The van der Waals surface area contributed by atoms with Crippen LogP contribution in [0.3, 0.4) is 0 Å². The van der Waals surface area contributed by atoms with E-state index in [2.05, 4.69) is 15.0 Å². The molecule has 4 nitrogen and oxygen atoms in total. The summed E-state index contributed by atoms with van der Waals surface area (Å²) in [4.78, 5) is 21.5. The van der Waals surface area contributed by atoms with E-state index in [1.54, 1.807) is 0 Å². The van der Waals surface area contributed by atoms with E-state index in [-0.39, 0.29) is 0 Å². The molecule has 2 aromatic rings. The monoisotopic (exact) mass is 193 g/mol. The van der Waals surface area contributed by atoms with Gasteiger partial charge in [0.1, 0.15) is 0 Å². The van der Waals surface area contributed by atoms with Gasteiger partial charge in [-0.25, -0.2) is 9.97 Å². The minimum absolute atomic E-state index is 0.475. The topological polar surface area (TPSA) is 58.6 Å². The van der Waals surface area contributed by atoms with Gasteiger partial charge in [0.2, 0.25) is 0 Å². The number of imidazole rings is 1. The van der Waals surface area contributed by atoms with Crippen LogP contribution in [0.1, 0.15) is 16.2 Å². The van der Waals surface area contributed by atoms with Crippen molar-refractivity contribution in [1.29, 1.82) is 0 Å². The Morgan fingerprint density at radius 2 is 2.46 bits per heavy atom. The van der Waals surface area contributed by atoms with Crippen molar-refractivity contribution in [2.24, 2.45) is 0 Å². The summed E-state index contributed by atoms with van der Waals surface area (Å²) in [5.74, 6) is 0.653. The minimum Gasteiger partial charge on any atom is -0.334 e. The van der Waals surface area contributed by atoms with Crippen molar-refractivity contribution in [3.05, 3.63) is 23.0 Å². The second-order valence-corrected chi connectivity index (χ2v) is 3.46. The first-order valence-electron chi connectivity index (χ1n) is 3.72. The molecular weight excluding hydrogens is 186 g/mol. The molecule has 2 aromatic heterocycles. The molecule has 66 valence electrons. The van der Waals surface area contributed by atoms with E-state index in [9.17, 15) is 4.79 Å². The van der Waals surface area contributed by atoms with Crippen molar-refractivity contribution in [2.45, 2.75) is 6.92 Å². The van der Waals surface area contributed by atoms with Gasteiger partial charge in [-0.15, -0.1) is 11.3 Å². The normalized spacial score (nSPS) is 10.2. The van der Waals surface area contributed by atoms with Crippen LogP contribution >= 0.6 is 11.3 Å². The molecule has 5 heteroatoms. The largest absolute Gasteiger partial charge is 0.334 e. The Balaban J connectivity index is 2.40. The Morgan fingerprint density at radius 3 is 3.00 bits per heavy atom. The molecule has 0 saturated carbocycles. The molecule has 0 spiro atoms. The number of aromatic nitrogens is 3. The maximum absolute atomic E-state index is 10.4. The van der Waals surface area contributed by atoms with Gasteiger partial charge in [-0.05, 0) is 6.92 Å². The maximum Gasteiger partial charge on any atom is 0.167 e. The molecule has 0 bridgehead atoms. The van der Waals surface area contributed by atoms with Crippen molar-refractivity contribution in [3.8, 4) is 10.8 Å². The van der Waals surface area contributed by atoms with Crippen molar-refractivity contribution in [3.63, 3.8) is 0 Å². The predicted octanol–water partition coefficient (Wildman–Crippen LogP) is 1.65. The Bertz CT molecular complexity index is 432. The van der Waals surface area contributed by atoms with Gasteiger partial charge in [0.25, 0.3) is 0 Å². The third kappa shape index (κ3) is 1.50. The summed E-state index contributed by atoms with van der Waals surface area (Å²) < 4.78 is 0. The lowest BCUT2D eigenvalue weighted by Crippen LogP contribution is -1.81. The third-order valence-electron chi connectivity index (χ3n) is 1.54. The number of aryl methyl sites for hydroxylation is 1. The summed E-state index contributed by atoms with van der Waals surface area (Å²) in [7, 11) is 0. The molecule has 1 N–H and O–H groups in total. The van der Waals surface area contributed by atoms with Crippen molar-refractivity contribution >= 4 is 17.6 Å². The molecule has 0 saturated heterocycles. The summed E-state index contributed by atoms with van der Waals surface area (Å²) in [6.45, 7) is 1.92. The van der Waals surface area contributed by atoms with E-state index in [0.717, 1.165) is 17.0 Å². The zero-order chi connectivity index (χ0) is 9.26. The molecule has 0 aliphatic rings. The first-order valence-corrected chi connectivity index (χ1v) is 4.60. The molecule has 0 aliphatic carbocycles. The summed E-state index contributed by atoms with van der Waals surface area (Å²) >= 11 is 1.51. The molecule has 2 rings (SSSR count). The number of H-pyrrole nitrogens is 1. The van der Waals surface area contributed by atoms with Gasteiger partial charge in [-0.2, -0.15) is 0 Å². The Labute approximate surface area is 78.7 Å². The van der Waals surface area contributed by atoms with Gasteiger partial charge in [0, 0.05) is 11.1 Å². The molecule has 0 fully saturated rings. The average molecular weight is 193 g/mol. The zero-order valence-electron chi connectivity index (χ0n) is 6.94. The van der Waals surface area contributed by atoms with E-state index in [4.69, 9.17) is 0 Å². The fourth-order valence-corrected chi connectivity index (χ4v) is 1.71. The highest BCUT2D eigenvalue weighted by molar-refractivity contribution is 7.13. The molecule has 0 aliphatic heterocycles. The number of hydrogen-bond acceptors (Lipinski definition) is 4. The number of carbonyl (C=O) groups excluding carboxylic acids is 1. The summed E-state index contributed by atoms with van der Waals surface area (Å²) in [5, 5.41) is 2.75. The van der Waals surface area contributed by atoms with Crippen LogP contribution in [0.25, 0.3) is 10.8 Å². The number of thiazole rings is 1. The van der Waals surface area contributed by atoms with E-state index in [1.165, 1.54) is 17.5 Å². The van der Waals surface area contributed by atoms with Crippen LogP contribution in [0.15, 0.2) is 11.6 Å². The van der Waals surface area contributed by atoms with Gasteiger partial charge in [0.15, 0.2) is 17.1 Å². The van der Waals surface area contributed by atoms with Gasteiger partial charge in [-0.3, -0.25) is 4.79 Å². The van der Waals surface area contributed by atoms with Gasteiger partial charge < -0.3 is 4.98 Å². The van der Waals surface area contributed by atoms with Crippen molar-refractivity contribution in [1.82, 2.24) is 15.0 Å². The lowest BCUT2D eigenvalue weighted by Gasteiger charge is -1.85. The van der Waals surface area contributed by atoms with Crippen LogP contribution in [0.5, 0.6) is 0 Å². The number of nitrogens with one attached hydrogen (secondary N) is 1. The maximum atomic E-state index is 10.4. The van der Waals surface area contributed by atoms with Gasteiger partial charge in [-0.1, -0.05) is 0 Å². The number of aromatic amines is 1. The smallest absolute Gasteiger partial charge is 0.167 e. The zero-order valence-corrected chi connectivity index (χ0v) is 7.76. The lowest BCUT2D eigenvalue weighted by atomic mass is 10.5. The summed E-state index contributed by atoms with van der Waals surface area (Å²) in [6.07, 6.45) is 2.23. The van der Waals surface area contributed by atoms with Crippen LogP contribution in [-0.2, 0) is 0 Å². The Morgan fingerprint density at radius 1 is 1.62 bits per heavy atom. The second-order valence-electron chi connectivity index (χ2n) is 2.60. The second kappa shape index (κ2) is 3.10. The quantitative estimate of drug-likeness (QED) is 0.738. The number of nitrogens with zero attached hydrogens (tertiary/aromatic N) is 2. The van der Waals surface area contributed by atoms with Crippen LogP contribution in [0, 0.1) is 6.92 Å². The van der Waals surface area contributed by atoms with Crippen LogP contribution in [0.2, 0.25) is 0 Å². The minimum atomic E-state index is 0.475. The van der Waals surface area contributed by atoms with E-state index in [0.29, 0.717) is 11.5 Å². The Hall–Kier alpha value is -1.49. The van der Waals surface area contributed by atoms with E-state index < -0.39 is 0 Å². The van der Waals surface area contributed by atoms with Gasteiger partial charge in [0.05, 0.1) is 11.9 Å². The van der Waals surface area contributed by atoms with Crippen LogP contribution in [0.4, 0.5) is 0 Å². The molecule has 0 radical (unpaired) electrons. The molecule has 2 heterocycles. The molecule has 0 amide bonds. The number of hydrogen-bond donors (Lipinski definition) is 1. The third-order valence-corrected chi connectivity index (χ3v) is 2.51. The first-order chi connectivity index (χ1) is 6.29. The molecular formula is C8H7N3OS. The summed E-state index contributed by atoms with van der Waals surface area (Å²) in [5.41, 5.74) is 1.44. The number of aldehydes is 1. The number of carbonyl (C=O) groups is 1. The lowest BCUT2D eigenvalue weighted by molar-refractivity contribution is 0.111. The Kier molecular flexibility index (Phi) is 1.94. The van der Waals surface area contributed by atoms with Crippen molar-refractivity contribution < 1.29 is 4.79 Å². The highest BCUT2D eigenvalue weighted by Gasteiger charge is 2.05. The molecule has 0 unspecified atom stereocenters.